The first-order valence-electron chi connectivity index (χ1n) is 5.52. The van der Waals surface area contributed by atoms with Crippen molar-refractivity contribution in [2.45, 2.75) is 13.0 Å². The Morgan fingerprint density at radius 3 is 2.74 bits per heavy atom. The Hall–Kier alpha value is -2.01. The van der Waals surface area contributed by atoms with Crippen molar-refractivity contribution in [3.05, 3.63) is 52.7 Å². The van der Waals surface area contributed by atoms with Crippen molar-refractivity contribution in [3.63, 3.8) is 0 Å². The van der Waals surface area contributed by atoms with Gasteiger partial charge in [-0.15, -0.1) is 0 Å². The van der Waals surface area contributed by atoms with E-state index in [1.54, 1.807) is 13.0 Å². The molecule has 0 saturated carbocycles. The number of halogens is 2. The number of carboxylic acid groups (broad SMARTS) is 1. The smallest absolute Gasteiger partial charge is 0.371 e. The van der Waals surface area contributed by atoms with Gasteiger partial charge in [-0.2, -0.15) is 0 Å². The highest BCUT2D eigenvalue weighted by Gasteiger charge is 2.15. The van der Waals surface area contributed by atoms with Crippen molar-refractivity contribution in [2.24, 2.45) is 0 Å². The minimum absolute atomic E-state index is 0.153. The van der Waals surface area contributed by atoms with E-state index in [9.17, 15) is 9.18 Å². The van der Waals surface area contributed by atoms with Crippen molar-refractivity contribution in [1.29, 1.82) is 0 Å². The highest BCUT2D eigenvalue weighted by atomic mass is 35.5. The zero-order chi connectivity index (χ0) is 14.0. The molecule has 0 spiro atoms. The summed E-state index contributed by atoms with van der Waals surface area (Å²) in [6.45, 7) is 1.73. The maximum atomic E-state index is 13.6. The molecular weight excluding hydrogens is 273 g/mol. The molecule has 0 radical (unpaired) electrons. The number of anilines is 1. The lowest BCUT2D eigenvalue weighted by Gasteiger charge is -2.13. The fourth-order valence-corrected chi connectivity index (χ4v) is 1.77. The van der Waals surface area contributed by atoms with Crippen molar-refractivity contribution in [3.8, 4) is 0 Å². The standard InChI is InChI=1S/C13H11ClFNO3/c1-7(11-4-5-12(19-11)13(17)18)16-10-3-2-8(14)6-9(10)15/h2-7,16H,1H3,(H,17,18). The monoisotopic (exact) mass is 283 g/mol. The summed E-state index contributed by atoms with van der Waals surface area (Å²) < 4.78 is 18.7. The Bertz CT molecular complexity index is 612. The predicted octanol–water partition coefficient (Wildman–Crippen LogP) is 3.94. The van der Waals surface area contributed by atoms with Gasteiger partial charge < -0.3 is 14.8 Å². The normalized spacial score (nSPS) is 12.2. The summed E-state index contributed by atoms with van der Waals surface area (Å²) in [6.07, 6.45) is 0. The average Bonchev–Trinajstić information content (AvgIpc) is 2.82. The largest absolute Gasteiger partial charge is 0.475 e. The molecule has 0 aliphatic rings. The first-order valence-corrected chi connectivity index (χ1v) is 5.90. The Balaban J connectivity index is 2.15. The molecule has 0 aliphatic carbocycles. The topological polar surface area (TPSA) is 62.5 Å². The number of carboxylic acids is 1. The second-order valence-corrected chi connectivity index (χ2v) is 4.43. The molecule has 0 amide bonds. The zero-order valence-electron chi connectivity index (χ0n) is 9.98. The van der Waals surface area contributed by atoms with Crippen LogP contribution in [0, 0.1) is 5.82 Å². The van der Waals surface area contributed by atoms with E-state index >= 15 is 0 Å². The van der Waals surface area contributed by atoms with Gasteiger partial charge in [0.2, 0.25) is 5.76 Å². The maximum Gasteiger partial charge on any atom is 0.371 e. The number of aromatic carboxylic acids is 1. The van der Waals surface area contributed by atoms with E-state index < -0.39 is 11.8 Å². The summed E-state index contributed by atoms with van der Waals surface area (Å²) >= 11 is 5.66. The van der Waals surface area contributed by atoms with Crippen LogP contribution in [-0.2, 0) is 0 Å². The maximum absolute atomic E-state index is 13.6. The van der Waals surface area contributed by atoms with Gasteiger partial charge in [-0.25, -0.2) is 9.18 Å². The van der Waals surface area contributed by atoms with E-state index in [1.807, 2.05) is 0 Å². The van der Waals surface area contributed by atoms with Gasteiger partial charge in [-0.3, -0.25) is 0 Å². The van der Waals surface area contributed by atoms with E-state index in [1.165, 1.54) is 24.3 Å². The molecular formula is C13H11ClFNO3. The molecule has 2 N–H and O–H groups in total. The predicted molar refractivity (Wildman–Crippen MR) is 69.1 cm³/mol. The summed E-state index contributed by atoms with van der Waals surface area (Å²) in [5, 5.41) is 11.9. The molecule has 6 heteroatoms. The number of hydrogen-bond donors (Lipinski definition) is 2. The second-order valence-electron chi connectivity index (χ2n) is 4.00. The fourth-order valence-electron chi connectivity index (χ4n) is 1.61. The van der Waals surface area contributed by atoms with Crippen LogP contribution in [0.25, 0.3) is 0 Å². The summed E-state index contributed by atoms with van der Waals surface area (Å²) in [4.78, 5) is 10.7. The first-order chi connectivity index (χ1) is 8.97. The van der Waals surface area contributed by atoms with E-state index in [2.05, 4.69) is 5.32 Å². The van der Waals surface area contributed by atoms with Gasteiger partial charge in [0, 0.05) is 5.02 Å². The second kappa shape index (κ2) is 5.32. The number of rotatable bonds is 4. The number of hydrogen-bond acceptors (Lipinski definition) is 3. The number of furan rings is 1. The summed E-state index contributed by atoms with van der Waals surface area (Å²) in [5.74, 6) is -1.37. The third kappa shape index (κ3) is 3.06. The van der Waals surface area contributed by atoms with Crippen LogP contribution in [0.5, 0.6) is 0 Å². The zero-order valence-corrected chi connectivity index (χ0v) is 10.7. The van der Waals surface area contributed by atoms with Crippen molar-refractivity contribution in [2.75, 3.05) is 5.32 Å². The van der Waals surface area contributed by atoms with Crippen molar-refractivity contribution >= 4 is 23.3 Å². The van der Waals surface area contributed by atoms with Crippen molar-refractivity contribution < 1.29 is 18.7 Å². The number of carbonyl (C=O) groups is 1. The third-order valence-corrected chi connectivity index (χ3v) is 2.80. The number of benzene rings is 1. The van der Waals surface area contributed by atoms with Gasteiger partial charge in [0.05, 0.1) is 11.7 Å². The van der Waals surface area contributed by atoms with Crippen molar-refractivity contribution in [1.82, 2.24) is 0 Å². The SMILES string of the molecule is CC(Nc1ccc(Cl)cc1F)c1ccc(C(=O)O)o1. The van der Waals surface area contributed by atoms with Crippen LogP contribution >= 0.6 is 11.6 Å². The molecule has 19 heavy (non-hydrogen) atoms. The van der Waals surface area contributed by atoms with Gasteiger partial charge in [-0.1, -0.05) is 11.6 Å². The molecule has 2 aromatic rings. The third-order valence-electron chi connectivity index (χ3n) is 2.57. The van der Waals surface area contributed by atoms with Gasteiger partial charge in [0.25, 0.3) is 0 Å². The Labute approximate surface area is 113 Å². The molecule has 1 aromatic heterocycles. The highest BCUT2D eigenvalue weighted by molar-refractivity contribution is 6.30. The molecule has 1 atom stereocenters. The Morgan fingerprint density at radius 1 is 1.42 bits per heavy atom. The molecule has 4 nitrogen and oxygen atoms in total. The molecule has 0 saturated heterocycles. The van der Waals surface area contributed by atoms with E-state index in [0.29, 0.717) is 10.8 Å². The molecule has 0 aliphatic heterocycles. The Kier molecular flexibility index (Phi) is 3.76. The molecule has 1 aromatic carbocycles. The minimum atomic E-state index is -1.14. The number of nitrogens with one attached hydrogen (secondary N) is 1. The lowest BCUT2D eigenvalue weighted by atomic mass is 10.2. The van der Waals surface area contributed by atoms with E-state index in [0.717, 1.165) is 0 Å². The van der Waals surface area contributed by atoms with Crippen LogP contribution in [-0.4, -0.2) is 11.1 Å². The fraction of sp³-hybridized carbons (Fsp3) is 0.154. The molecule has 0 bridgehead atoms. The minimum Gasteiger partial charge on any atom is -0.475 e. The van der Waals surface area contributed by atoms with Crippen LogP contribution in [0.15, 0.2) is 34.7 Å². The average molecular weight is 284 g/mol. The van der Waals surface area contributed by atoms with Crippen LogP contribution in [0.3, 0.4) is 0 Å². The van der Waals surface area contributed by atoms with Gasteiger partial charge >= 0.3 is 5.97 Å². The Morgan fingerprint density at radius 2 is 2.16 bits per heavy atom. The van der Waals surface area contributed by atoms with Gasteiger partial charge in [0.1, 0.15) is 11.6 Å². The summed E-state index contributed by atoms with van der Waals surface area (Å²) in [5.41, 5.74) is 0.269. The lowest BCUT2D eigenvalue weighted by molar-refractivity contribution is 0.0660. The lowest BCUT2D eigenvalue weighted by Crippen LogP contribution is -2.07. The van der Waals surface area contributed by atoms with Crippen LogP contribution in [0.2, 0.25) is 5.02 Å². The summed E-state index contributed by atoms with van der Waals surface area (Å²) in [7, 11) is 0. The summed E-state index contributed by atoms with van der Waals surface area (Å²) in [6, 6.07) is 6.79. The van der Waals surface area contributed by atoms with E-state index in [-0.39, 0.29) is 17.5 Å². The highest BCUT2D eigenvalue weighted by Crippen LogP contribution is 2.25. The van der Waals surface area contributed by atoms with Gasteiger partial charge in [-0.05, 0) is 37.3 Å². The van der Waals surface area contributed by atoms with Crippen LogP contribution < -0.4 is 5.32 Å². The first kappa shape index (κ1) is 13.4. The molecule has 100 valence electrons. The molecule has 1 heterocycles. The quantitative estimate of drug-likeness (QED) is 0.892. The molecule has 0 fully saturated rings. The van der Waals surface area contributed by atoms with Crippen LogP contribution in [0.1, 0.15) is 29.3 Å². The van der Waals surface area contributed by atoms with E-state index in [4.69, 9.17) is 21.1 Å². The van der Waals surface area contributed by atoms with Gasteiger partial charge in [0.15, 0.2) is 0 Å². The van der Waals surface area contributed by atoms with Crippen LogP contribution in [0.4, 0.5) is 10.1 Å². The molecule has 1 unspecified atom stereocenters. The molecule has 2 rings (SSSR count).